The molecule has 0 aliphatic carbocycles. The first-order valence-electron chi connectivity index (χ1n) is 12.3. The van der Waals surface area contributed by atoms with Crippen LogP contribution in [-0.2, 0) is 17.8 Å². The molecule has 0 unspecified atom stereocenters. The molecule has 10 heteroatoms. The van der Waals surface area contributed by atoms with Gasteiger partial charge in [-0.05, 0) is 39.6 Å². The van der Waals surface area contributed by atoms with Crippen LogP contribution in [0.15, 0.2) is 72.8 Å². The van der Waals surface area contributed by atoms with Crippen LogP contribution in [0.4, 0.5) is 0 Å². The number of carbonyl (C=O) groups excluding carboxylic acids is 1. The van der Waals surface area contributed by atoms with Crippen molar-refractivity contribution in [3.8, 4) is 33.8 Å². The highest BCUT2D eigenvalue weighted by atomic mass is 35.5. The van der Waals surface area contributed by atoms with Gasteiger partial charge in [-0.1, -0.05) is 91.7 Å². The van der Waals surface area contributed by atoms with Crippen molar-refractivity contribution in [2.24, 2.45) is 5.90 Å². The summed E-state index contributed by atoms with van der Waals surface area (Å²) in [5.74, 6) is 6.06. The third kappa shape index (κ3) is 5.06. The van der Waals surface area contributed by atoms with Gasteiger partial charge >= 0.3 is 5.97 Å². The first-order valence-corrected chi connectivity index (χ1v) is 12.7. The van der Waals surface area contributed by atoms with Gasteiger partial charge in [-0.25, -0.2) is 14.9 Å². The number of halogens is 1. The molecule has 0 amide bonds. The van der Waals surface area contributed by atoms with Gasteiger partial charge in [0.15, 0.2) is 11.5 Å². The van der Waals surface area contributed by atoms with E-state index in [1.54, 1.807) is 6.07 Å². The first-order chi connectivity index (χ1) is 18.6. The van der Waals surface area contributed by atoms with E-state index >= 15 is 0 Å². The van der Waals surface area contributed by atoms with E-state index in [1.807, 2.05) is 71.3 Å². The Morgan fingerprint density at radius 3 is 2.37 bits per heavy atom. The van der Waals surface area contributed by atoms with Crippen LogP contribution in [0.1, 0.15) is 41.6 Å². The molecular weight excluding hydrogens is 502 g/mol. The molecule has 2 heterocycles. The minimum atomic E-state index is -0.665. The average Bonchev–Trinajstić information content (AvgIpc) is 3.61. The SMILES string of the molecule is CCCCc1nc(-c2ccccc2Cl)c(C(=O)ON)n1Cc1ccc(-c2ccccc2-c2nnn[nH]2)cc1. The van der Waals surface area contributed by atoms with Crippen LogP contribution >= 0.6 is 11.6 Å². The third-order valence-corrected chi connectivity index (χ3v) is 6.69. The van der Waals surface area contributed by atoms with Crippen molar-refractivity contribution in [2.75, 3.05) is 0 Å². The summed E-state index contributed by atoms with van der Waals surface area (Å²) < 4.78 is 1.88. The van der Waals surface area contributed by atoms with Gasteiger partial charge in [0.2, 0.25) is 0 Å². The van der Waals surface area contributed by atoms with Gasteiger partial charge in [-0.2, -0.15) is 5.90 Å². The molecular formula is C28H26ClN7O2. The molecule has 0 atom stereocenters. The van der Waals surface area contributed by atoms with Crippen LogP contribution in [0.5, 0.6) is 0 Å². The number of rotatable bonds is 9. The highest BCUT2D eigenvalue weighted by Crippen LogP contribution is 2.33. The minimum absolute atomic E-state index is 0.277. The topological polar surface area (TPSA) is 125 Å². The Kier molecular flexibility index (Phi) is 7.57. The fourth-order valence-corrected chi connectivity index (χ4v) is 4.71. The maximum Gasteiger partial charge on any atom is 0.375 e. The molecule has 9 nitrogen and oxygen atoms in total. The van der Waals surface area contributed by atoms with Crippen molar-refractivity contribution in [1.82, 2.24) is 30.2 Å². The van der Waals surface area contributed by atoms with E-state index in [1.165, 1.54) is 0 Å². The second-order valence-electron chi connectivity index (χ2n) is 8.79. The zero-order valence-electron chi connectivity index (χ0n) is 20.8. The number of aryl methyl sites for hydroxylation is 1. The molecule has 0 spiro atoms. The van der Waals surface area contributed by atoms with Crippen LogP contribution < -0.4 is 5.90 Å². The second kappa shape index (κ2) is 11.4. The Morgan fingerprint density at radius 2 is 1.71 bits per heavy atom. The van der Waals surface area contributed by atoms with Crippen molar-refractivity contribution in [3.63, 3.8) is 0 Å². The van der Waals surface area contributed by atoms with Crippen LogP contribution in [0.3, 0.4) is 0 Å². The molecule has 3 N–H and O–H groups in total. The molecule has 2 aromatic heterocycles. The minimum Gasteiger partial charge on any atom is -0.368 e. The fraction of sp³-hybridized carbons (Fsp3) is 0.179. The second-order valence-corrected chi connectivity index (χ2v) is 9.20. The number of nitrogens with two attached hydrogens (primary N) is 1. The van der Waals surface area contributed by atoms with E-state index in [9.17, 15) is 4.79 Å². The summed E-state index contributed by atoms with van der Waals surface area (Å²) in [5.41, 5.74) is 5.29. The molecule has 0 saturated heterocycles. The van der Waals surface area contributed by atoms with Crippen LogP contribution in [-0.4, -0.2) is 36.1 Å². The number of H-pyrrole nitrogens is 1. The lowest BCUT2D eigenvalue weighted by atomic mass is 9.98. The van der Waals surface area contributed by atoms with Crippen LogP contribution in [0.25, 0.3) is 33.8 Å². The van der Waals surface area contributed by atoms with Gasteiger partial charge in [0.25, 0.3) is 0 Å². The summed E-state index contributed by atoms with van der Waals surface area (Å²) in [6.07, 6.45) is 2.60. The average molecular weight is 528 g/mol. The summed E-state index contributed by atoms with van der Waals surface area (Å²) in [6, 6.07) is 23.3. The zero-order chi connectivity index (χ0) is 26.5. The number of carbonyl (C=O) groups is 1. The third-order valence-electron chi connectivity index (χ3n) is 6.36. The lowest BCUT2D eigenvalue weighted by Gasteiger charge is -2.13. The van der Waals surface area contributed by atoms with E-state index < -0.39 is 5.97 Å². The lowest BCUT2D eigenvalue weighted by molar-refractivity contribution is 0.0492. The predicted octanol–water partition coefficient (Wildman–Crippen LogP) is 5.47. The molecule has 192 valence electrons. The van der Waals surface area contributed by atoms with Crippen molar-refractivity contribution in [1.29, 1.82) is 0 Å². The Balaban J connectivity index is 1.54. The number of aromatic nitrogens is 6. The van der Waals surface area contributed by atoms with Crippen LogP contribution in [0, 0.1) is 0 Å². The Labute approximate surface area is 224 Å². The summed E-state index contributed by atoms with van der Waals surface area (Å²) in [6.45, 7) is 2.53. The molecule has 5 rings (SSSR count). The van der Waals surface area contributed by atoms with E-state index in [0.29, 0.717) is 35.1 Å². The summed E-state index contributed by atoms with van der Waals surface area (Å²) in [5, 5.41) is 14.8. The highest BCUT2D eigenvalue weighted by Gasteiger charge is 2.26. The summed E-state index contributed by atoms with van der Waals surface area (Å²) >= 11 is 6.48. The number of imidazole rings is 1. The smallest absolute Gasteiger partial charge is 0.368 e. The van der Waals surface area contributed by atoms with E-state index in [0.717, 1.165) is 40.9 Å². The number of aromatic amines is 1. The Hall–Kier alpha value is -4.34. The van der Waals surface area contributed by atoms with Gasteiger partial charge in [-0.3, -0.25) is 0 Å². The van der Waals surface area contributed by atoms with Gasteiger partial charge in [0.05, 0.1) is 5.02 Å². The van der Waals surface area contributed by atoms with Crippen molar-refractivity contribution in [2.45, 2.75) is 32.7 Å². The predicted molar refractivity (Wildman–Crippen MR) is 145 cm³/mol. The quantitative estimate of drug-likeness (QED) is 0.243. The van der Waals surface area contributed by atoms with Crippen LogP contribution in [0.2, 0.25) is 5.02 Å². The molecule has 3 aromatic carbocycles. The van der Waals surface area contributed by atoms with Gasteiger partial charge < -0.3 is 9.40 Å². The maximum atomic E-state index is 12.9. The molecule has 0 aliphatic rings. The van der Waals surface area contributed by atoms with E-state index in [4.69, 9.17) is 27.3 Å². The number of benzene rings is 3. The highest BCUT2D eigenvalue weighted by molar-refractivity contribution is 6.33. The normalized spacial score (nSPS) is 11.0. The maximum absolute atomic E-state index is 12.9. The van der Waals surface area contributed by atoms with Crippen molar-refractivity contribution in [3.05, 3.63) is 94.9 Å². The van der Waals surface area contributed by atoms with Crippen molar-refractivity contribution >= 4 is 17.6 Å². The van der Waals surface area contributed by atoms with Gasteiger partial charge in [-0.15, -0.1) is 5.10 Å². The molecule has 38 heavy (non-hydrogen) atoms. The number of hydrogen-bond acceptors (Lipinski definition) is 7. The molecule has 5 aromatic rings. The van der Waals surface area contributed by atoms with E-state index in [2.05, 4.69) is 27.5 Å². The number of unbranched alkanes of at least 4 members (excludes halogenated alkanes) is 1. The number of hydrogen-bond donors (Lipinski definition) is 2. The molecule has 0 fully saturated rings. The summed E-state index contributed by atoms with van der Waals surface area (Å²) in [7, 11) is 0. The standard InChI is InChI=1S/C28H26ClN7O2/c1-2-3-12-24-31-25(22-10-6-7-11-23(22)29)26(28(37)38-30)36(24)17-18-13-15-19(16-14-18)20-8-4-5-9-21(20)27-32-34-35-33-27/h4-11,13-16H,2-3,12,17,30H2,1H3,(H,32,33,34,35). The molecule has 0 saturated carbocycles. The number of nitrogens with zero attached hydrogens (tertiary/aromatic N) is 5. The van der Waals surface area contributed by atoms with Crippen molar-refractivity contribution < 1.29 is 9.63 Å². The molecule has 0 radical (unpaired) electrons. The van der Waals surface area contributed by atoms with Gasteiger partial charge in [0, 0.05) is 24.1 Å². The molecule has 0 bridgehead atoms. The number of tetrazole rings is 1. The van der Waals surface area contributed by atoms with E-state index in [-0.39, 0.29) is 5.69 Å². The Bertz CT molecular complexity index is 1550. The fourth-order valence-electron chi connectivity index (χ4n) is 4.49. The Morgan fingerprint density at radius 1 is 1.00 bits per heavy atom. The monoisotopic (exact) mass is 527 g/mol. The zero-order valence-corrected chi connectivity index (χ0v) is 21.5. The summed E-state index contributed by atoms with van der Waals surface area (Å²) in [4.78, 5) is 22.5. The first kappa shape index (κ1) is 25.3. The molecule has 0 aliphatic heterocycles. The number of nitrogens with one attached hydrogen (secondary N) is 1. The van der Waals surface area contributed by atoms with Gasteiger partial charge in [0.1, 0.15) is 11.5 Å². The lowest BCUT2D eigenvalue weighted by Crippen LogP contribution is -2.18. The largest absolute Gasteiger partial charge is 0.375 e.